The summed E-state index contributed by atoms with van der Waals surface area (Å²) >= 11 is 0. The second-order valence-corrected chi connectivity index (χ2v) is 3.98. The van der Waals surface area contributed by atoms with Gasteiger partial charge in [0.05, 0.1) is 19.3 Å². The summed E-state index contributed by atoms with van der Waals surface area (Å²) in [5, 5.41) is 16.0. The van der Waals surface area contributed by atoms with Gasteiger partial charge in [-0.2, -0.15) is 13.8 Å². The van der Waals surface area contributed by atoms with Crippen molar-refractivity contribution in [3.05, 3.63) is 17.7 Å². The molecule has 1 aromatic heterocycles. The molecule has 1 aliphatic rings. The van der Waals surface area contributed by atoms with Crippen LogP contribution in [0, 0.1) is 0 Å². The lowest BCUT2D eigenvalue weighted by Crippen LogP contribution is -2.11. The number of fused-ring (bicyclic) bond motifs is 1. The number of alkyl halides is 2. The summed E-state index contributed by atoms with van der Waals surface area (Å²) < 4.78 is 33.1. The second kappa shape index (κ2) is 7.85. The molecule has 2 heterocycles. The number of aliphatic hydroxyl groups excluding tert-OH is 2. The van der Waals surface area contributed by atoms with Gasteiger partial charge in [-0.05, 0) is 25.8 Å². The molecule has 0 radical (unpaired) electrons. The third-order valence-corrected chi connectivity index (χ3v) is 2.22. The molecular weight excluding hydrogens is 260 g/mol. The van der Waals surface area contributed by atoms with Gasteiger partial charge in [0, 0.05) is 11.6 Å². The van der Waals surface area contributed by atoms with Crippen LogP contribution in [0.3, 0.4) is 0 Å². The fraction of sp³-hybridized carbons (Fsp3) is 0.583. The number of aryl methyl sites for hydroxylation is 1. The lowest BCUT2D eigenvalue weighted by atomic mass is 10.1. The van der Waals surface area contributed by atoms with E-state index in [1.807, 2.05) is 0 Å². The zero-order valence-electron chi connectivity index (χ0n) is 10.6. The van der Waals surface area contributed by atoms with Crippen molar-refractivity contribution in [3.8, 4) is 11.8 Å². The molecule has 1 aromatic rings. The summed E-state index contributed by atoms with van der Waals surface area (Å²) in [6, 6.07) is 3.14. The maximum absolute atomic E-state index is 11.8. The standard InChI is InChI=1S/C9H9F2NO2.C3H8O2/c10-9(11)14-7-4-3-6-2-1-5-13-8(6)12-7;1-3(5)2-4/h3-4,9H,1-2,5H2;3-5H,2H2,1H3. The van der Waals surface area contributed by atoms with Gasteiger partial charge >= 0.3 is 6.61 Å². The van der Waals surface area contributed by atoms with Gasteiger partial charge in [-0.15, -0.1) is 0 Å². The van der Waals surface area contributed by atoms with Crippen molar-refractivity contribution in [1.82, 2.24) is 4.98 Å². The van der Waals surface area contributed by atoms with Crippen LogP contribution in [0.4, 0.5) is 8.78 Å². The predicted molar refractivity (Wildman–Crippen MR) is 63.5 cm³/mol. The fourth-order valence-corrected chi connectivity index (χ4v) is 1.36. The maximum atomic E-state index is 11.8. The monoisotopic (exact) mass is 277 g/mol. The van der Waals surface area contributed by atoms with Crippen LogP contribution in [0.5, 0.6) is 11.8 Å². The number of aliphatic hydroxyl groups is 2. The number of halogens is 2. The number of ether oxygens (including phenoxy) is 2. The largest absolute Gasteiger partial charge is 0.477 e. The number of pyridine rings is 1. The van der Waals surface area contributed by atoms with Crippen LogP contribution in [0.1, 0.15) is 18.9 Å². The van der Waals surface area contributed by atoms with Crippen LogP contribution in [-0.2, 0) is 6.42 Å². The van der Waals surface area contributed by atoms with E-state index in [1.54, 1.807) is 6.07 Å². The Balaban J connectivity index is 0.000000312. The zero-order valence-corrected chi connectivity index (χ0v) is 10.6. The van der Waals surface area contributed by atoms with E-state index in [0.29, 0.717) is 12.5 Å². The van der Waals surface area contributed by atoms with Gasteiger partial charge in [-0.25, -0.2) is 0 Å². The molecule has 0 spiro atoms. The van der Waals surface area contributed by atoms with E-state index in [-0.39, 0.29) is 12.5 Å². The van der Waals surface area contributed by atoms with Gasteiger partial charge in [-0.1, -0.05) is 0 Å². The van der Waals surface area contributed by atoms with Crippen LogP contribution >= 0.6 is 0 Å². The van der Waals surface area contributed by atoms with Crippen LogP contribution in [-0.4, -0.2) is 41.1 Å². The maximum Gasteiger partial charge on any atom is 0.388 e. The van der Waals surface area contributed by atoms with E-state index in [4.69, 9.17) is 14.9 Å². The minimum Gasteiger partial charge on any atom is -0.477 e. The minimum atomic E-state index is -2.84. The molecule has 0 aliphatic carbocycles. The van der Waals surface area contributed by atoms with Crippen LogP contribution in [0.2, 0.25) is 0 Å². The third-order valence-electron chi connectivity index (χ3n) is 2.22. The average Bonchev–Trinajstić information content (AvgIpc) is 2.38. The smallest absolute Gasteiger partial charge is 0.388 e. The second-order valence-electron chi connectivity index (χ2n) is 3.98. The van der Waals surface area contributed by atoms with Gasteiger partial charge in [0.15, 0.2) is 0 Å². The zero-order chi connectivity index (χ0) is 14.3. The molecular formula is C12H17F2NO4. The minimum absolute atomic E-state index is 0.0966. The topological polar surface area (TPSA) is 71.8 Å². The Hall–Kier alpha value is -1.47. The highest BCUT2D eigenvalue weighted by Gasteiger charge is 2.14. The highest BCUT2D eigenvalue weighted by Crippen LogP contribution is 2.25. The third kappa shape index (κ3) is 5.80. The molecule has 0 saturated heterocycles. The highest BCUT2D eigenvalue weighted by molar-refractivity contribution is 5.31. The van der Waals surface area contributed by atoms with Crippen LogP contribution < -0.4 is 9.47 Å². The van der Waals surface area contributed by atoms with Crippen molar-refractivity contribution in [1.29, 1.82) is 0 Å². The number of hydrogen-bond donors (Lipinski definition) is 2. The molecule has 19 heavy (non-hydrogen) atoms. The Morgan fingerprint density at radius 3 is 2.74 bits per heavy atom. The van der Waals surface area contributed by atoms with E-state index in [0.717, 1.165) is 18.4 Å². The normalized spacial score (nSPS) is 14.8. The summed E-state index contributed by atoms with van der Waals surface area (Å²) in [6.07, 6.45) is 1.25. The van der Waals surface area contributed by atoms with Gasteiger partial charge < -0.3 is 19.7 Å². The first-order valence-electron chi connectivity index (χ1n) is 5.89. The van der Waals surface area contributed by atoms with E-state index in [1.165, 1.54) is 13.0 Å². The molecule has 1 atom stereocenters. The highest BCUT2D eigenvalue weighted by atomic mass is 19.3. The van der Waals surface area contributed by atoms with Crippen molar-refractivity contribution in [2.75, 3.05) is 13.2 Å². The molecule has 7 heteroatoms. The Morgan fingerprint density at radius 2 is 2.16 bits per heavy atom. The van der Waals surface area contributed by atoms with E-state index >= 15 is 0 Å². The van der Waals surface area contributed by atoms with Crippen molar-refractivity contribution in [3.63, 3.8) is 0 Å². The summed E-state index contributed by atoms with van der Waals surface area (Å²) in [7, 11) is 0. The summed E-state index contributed by atoms with van der Waals surface area (Å²) in [4.78, 5) is 3.83. The van der Waals surface area contributed by atoms with Gasteiger partial charge in [0.2, 0.25) is 11.8 Å². The summed E-state index contributed by atoms with van der Waals surface area (Å²) in [5.74, 6) is 0.315. The predicted octanol–water partition coefficient (Wildman–Crippen LogP) is 1.37. The lowest BCUT2D eigenvalue weighted by Gasteiger charge is -2.16. The van der Waals surface area contributed by atoms with Crippen molar-refractivity contribution in [2.24, 2.45) is 0 Å². The van der Waals surface area contributed by atoms with Gasteiger partial charge in [0.1, 0.15) is 0 Å². The first-order chi connectivity index (χ1) is 9.02. The molecule has 1 aliphatic heterocycles. The molecule has 1 unspecified atom stereocenters. The number of hydrogen-bond acceptors (Lipinski definition) is 5. The molecule has 2 N–H and O–H groups in total. The molecule has 0 amide bonds. The van der Waals surface area contributed by atoms with Crippen molar-refractivity contribution >= 4 is 0 Å². The quantitative estimate of drug-likeness (QED) is 0.873. The van der Waals surface area contributed by atoms with Crippen molar-refractivity contribution < 1.29 is 28.5 Å². The van der Waals surface area contributed by atoms with Crippen LogP contribution in [0.25, 0.3) is 0 Å². The van der Waals surface area contributed by atoms with Crippen LogP contribution in [0.15, 0.2) is 12.1 Å². The summed E-state index contributed by atoms with van der Waals surface area (Å²) in [6.45, 7) is -0.873. The van der Waals surface area contributed by atoms with Crippen molar-refractivity contribution in [2.45, 2.75) is 32.5 Å². The van der Waals surface area contributed by atoms with E-state index in [9.17, 15) is 8.78 Å². The molecule has 0 fully saturated rings. The Kier molecular flexibility index (Phi) is 6.44. The molecule has 2 rings (SSSR count). The molecule has 108 valence electrons. The van der Waals surface area contributed by atoms with E-state index < -0.39 is 12.7 Å². The van der Waals surface area contributed by atoms with E-state index in [2.05, 4.69) is 9.72 Å². The average molecular weight is 277 g/mol. The van der Waals surface area contributed by atoms with Gasteiger partial charge in [-0.3, -0.25) is 0 Å². The number of nitrogens with zero attached hydrogens (tertiary/aromatic N) is 1. The SMILES string of the molecule is CC(O)CO.FC(F)Oc1ccc2c(n1)OCCC2. The fourth-order valence-electron chi connectivity index (χ4n) is 1.36. The number of rotatable bonds is 3. The summed E-state index contributed by atoms with van der Waals surface area (Å²) in [5.41, 5.74) is 0.942. The Labute approximate surface area is 109 Å². The molecule has 0 saturated carbocycles. The lowest BCUT2D eigenvalue weighted by molar-refractivity contribution is -0.0531. The first kappa shape index (κ1) is 15.6. The Morgan fingerprint density at radius 1 is 1.47 bits per heavy atom. The first-order valence-corrected chi connectivity index (χ1v) is 5.89. The number of aromatic nitrogens is 1. The molecule has 0 aromatic carbocycles. The Bertz CT molecular complexity index is 388. The molecule has 0 bridgehead atoms. The molecule has 5 nitrogen and oxygen atoms in total. The van der Waals surface area contributed by atoms with Gasteiger partial charge in [0.25, 0.3) is 0 Å².